The van der Waals surface area contributed by atoms with Crippen LogP contribution in [0.4, 0.5) is 13.2 Å². The van der Waals surface area contributed by atoms with E-state index in [2.05, 4.69) is 23.9 Å². The van der Waals surface area contributed by atoms with Gasteiger partial charge in [-0.1, -0.05) is 13.3 Å². The van der Waals surface area contributed by atoms with Crippen molar-refractivity contribution in [3.05, 3.63) is 35.5 Å². The summed E-state index contributed by atoms with van der Waals surface area (Å²) in [5, 5.41) is 0.594. The van der Waals surface area contributed by atoms with Gasteiger partial charge in [0.05, 0.1) is 12.2 Å². The molecule has 0 atom stereocenters. The van der Waals surface area contributed by atoms with Crippen LogP contribution in [0.5, 0.6) is 0 Å². The number of unbranched alkanes of at least 4 members (excludes halogenated alkanes) is 1. The Kier molecular flexibility index (Phi) is 7.05. The largest absolute Gasteiger partial charge is 0.416 e. The highest BCUT2D eigenvalue weighted by atomic mass is 19.4. The number of ether oxygens (including phenoxy) is 1. The molecule has 0 amide bonds. The van der Waals surface area contributed by atoms with Crippen LogP contribution in [0.3, 0.4) is 0 Å². The van der Waals surface area contributed by atoms with Crippen LogP contribution < -0.4 is 0 Å². The predicted octanol–water partition coefficient (Wildman–Crippen LogP) is 5.99. The molecule has 1 aromatic heterocycles. The van der Waals surface area contributed by atoms with Gasteiger partial charge in [-0.15, -0.1) is 0 Å². The van der Waals surface area contributed by atoms with Crippen molar-refractivity contribution in [3.63, 3.8) is 0 Å². The van der Waals surface area contributed by atoms with Gasteiger partial charge in [-0.25, -0.2) is 0 Å². The molecule has 156 valence electrons. The zero-order valence-electron chi connectivity index (χ0n) is 16.8. The quantitative estimate of drug-likeness (QED) is 0.593. The maximum atomic E-state index is 13.0. The lowest BCUT2D eigenvalue weighted by Crippen LogP contribution is -2.36. The van der Waals surface area contributed by atoms with Crippen LogP contribution in [0.15, 0.2) is 24.4 Å². The van der Waals surface area contributed by atoms with E-state index in [9.17, 15) is 13.2 Å². The molecule has 0 spiro atoms. The Hall–Kier alpha value is -1.53. The van der Waals surface area contributed by atoms with E-state index >= 15 is 0 Å². The Labute approximate surface area is 165 Å². The molecule has 1 N–H and O–H groups in total. The van der Waals surface area contributed by atoms with Gasteiger partial charge in [0, 0.05) is 35.3 Å². The summed E-state index contributed by atoms with van der Waals surface area (Å²) in [5.41, 5.74) is 0.877. The van der Waals surface area contributed by atoms with Gasteiger partial charge >= 0.3 is 6.18 Å². The van der Waals surface area contributed by atoms with Crippen LogP contribution in [0.1, 0.15) is 56.6 Å². The van der Waals surface area contributed by atoms with Gasteiger partial charge in [-0.2, -0.15) is 13.2 Å². The number of nitrogens with one attached hydrogen (secondary N) is 1. The Bertz CT molecular complexity index is 748. The number of hydrogen-bond donors (Lipinski definition) is 1. The second-order valence-electron chi connectivity index (χ2n) is 8.10. The summed E-state index contributed by atoms with van der Waals surface area (Å²) >= 11 is 0. The van der Waals surface area contributed by atoms with Crippen molar-refractivity contribution in [2.75, 3.05) is 20.2 Å². The van der Waals surface area contributed by atoms with E-state index in [1.54, 1.807) is 6.20 Å². The molecule has 28 heavy (non-hydrogen) atoms. The molecule has 0 aliphatic heterocycles. The summed E-state index contributed by atoms with van der Waals surface area (Å²) in [4.78, 5) is 5.53. The number of alkyl halides is 3. The summed E-state index contributed by atoms with van der Waals surface area (Å²) in [6, 6.07) is 4.48. The van der Waals surface area contributed by atoms with E-state index in [1.165, 1.54) is 44.4 Å². The zero-order chi connectivity index (χ0) is 20.1. The fourth-order valence-electron chi connectivity index (χ4n) is 4.15. The SMILES string of the molecule is CCCCN(C)C1CCC(COCc2c[nH]c3ccc(C(F)(F)F)cc23)CC1. The number of rotatable bonds is 8. The van der Waals surface area contributed by atoms with Crippen LogP contribution in [-0.2, 0) is 17.5 Å². The van der Waals surface area contributed by atoms with Crippen LogP contribution in [0, 0.1) is 5.92 Å². The number of fused-ring (bicyclic) bond motifs is 1. The molecular formula is C22H31F3N2O. The van der Waals surface area contributed by atoms with E-state index in [-0.39, 0.29) is 0 Å². The highest BCUT2D eigenvalue weighted by Gasteiger charge is 2.30. The van der Waals surface area contributed by atoms with Gasteiger partial charge in [0.15, 0.2) is 0 Å². The Morgan fingerprint density at radius 2 is 1.93 bits per heavy atom. The molecule has 1 aliphatic carbocycles. The smallest absolute Gasteiger partial charge is 0.376 e. The summed E-state index contributed by atoms with van der Waals surface area (Å²) < 4.78 is 44.8. The third-order valence-corrected chi connectivity index (χ3v) is 6.01. The van der Waals surface area contributed by atoms with Crippen molar-refractivity contribution in [1.82, 2.24) is 9.88 Å². The topological polar surface area (TPSA) is 28.3 Å². The van der Waals surface area contributed by atoms with E-state index in [0.29, 0.717) is 36.1 Å². The minimum atomic E-state index is -4.33. The van der Waals surface area contributed by atoms with E-state index in [1.807, 2.05) is 0 Å². The lowest BCUT2D eigenvalue weighted by molar-refractivity contribution is -0.137. The zero-order valence-corrected chi connectivity index (χ0v) is 16.8. The first-order chi connectivity index (χ1) is 13.4. The molecule has 2 aromatic rings. The Morgan fingerprint density at radius 1 is 1.18 bits per heavy atom. The van der Waals surface area contributed by atoms with Crippen molar-refractivity contribution in [3.8, 4) is 0 Å². The van der Waals surface area contributed by atoms with Crippen molar-refractivity contribution in [2.24, 2.45) is 5.92 Å². The molecule has 3 nitrogen and oxygen atoms in total. The van der Waals surface area contributed by atoms with Crippen LogP contribution >= 0.6 is 0 Å². The number of H-pyrrole nitrogens is 1. The number of hydrogen-bond acceptors (Lipinski definition) is 2. The van der Waals surface area contributed by atoms with E-state index < -0.39 is 11.7 Å². The molecule has 1 heterocycles. The number of halogens is 3. The van der Waals surface area contributed by atoms with Crippen molar-refractivity contribution < 1.29 is 17.9 Å². The summed E-state index contributed by atoms with van der Waals surface area (Å²) in [5.74, 6) is 0.548. The Morgan fingerprint density at radius 3 is 2.61 bits per heavy atom. The lowest BCUT2D eigenvalue weighted by atomic mass is 9.86. The second kappa shape index (κ2) is 9.31. The second-order valence-corrected chi connectivity index (χ2v) is 8.10. The molecular weight excluding hydrogens is 365 g/mol. The fraction of sp³-hybridized carbons (Fsp3) is 0.636. The molecule has 0 saturated heterocycles. The summed E-state index contributed by atoms with van der Waals surface area (Å²) in [6.45, 7) is 4.41. The van der Waals surface area contributed by atoms with Crippen LogP contribution in [-0.4, -0.2) is 36.1 Å². The highest BCUT2D eigenvalue weighted by molar-refractivity contribution is 5.83. The van der Waals surface area contributed by atoms with Crippen molar-refractivity contribution in [2.45, 2.75) is 64.3 Å². The first-order valence-corrected chi connectivity index (χ1v) is 10.3. The molecule has 0 unspecified atom stereocenters. The molecule has 1 saturated carbocycles. The molecule has 1 aromatic carbocycles. The predicted molar refractivity (Wildman–Crippen MR) is 106 cm³/mol. The average Bonchev–Trinajstić information content (AvgIpc) is 3.08. The molecule has 0 bridgehead atoms. The molecule has 1 fully saturated rings. The van der Waals surface area contributed by atoms with Crippen molar-refractivity contribution in [1.29, 1.82) is 0 Å². The summed E-state index contributed by atoms with van der Waals surface area (Å²) in [7, 11) is 2.23. The van der Waals surface area contributed by atoms with Gasteiger partial charge < -0.3 is 14.6 Å². The first kappa shape index (κ1) is 21.2. The van der Waals surface area contributed by atoms with Gasteiger partial charge in [-0.3, -0.25) is 0 Å². The molecule has 6 heteroatoms. The molecule has 1 aliphatic rings. The van der Waals surface area contributed by atoms with Crippen molar-refractivity contribution >= 4 is 10.9 Å². The number of aromatic nitrogens is 1. The monoisotopic (exact) mass is 396 g/mol. The van der Waals surface area contributed by atoms with Gasteiger partial charge in [0.1, 0.15) is 0 Å². The highest BCUT2D eigenvalue weighted by Crippen LogP contribution is 2.33. The third kappa shape index (κ3) is 5.29. The van der Waals surface area contributed by atoms with Gasteiger partial charge in [0.25, 0.3) is 0 Å². The molecule has 0 radical (unpaired) electrons. The van der Waals surface area contributed by atoms with Crippen LogP contribution in [0.2, 0.25) is 0 Å². The summed E-state index contributed by atoms with van der Waals surface area (Å²) in [6.07, 6.45) is 4.63. The lowest BCUT2D eigenvalue weighted by Gasteiger charge is -2.34. The van der Waals surface area contributed by atoms with E-state index in [4.69, 9.17) is 4.74 Å². The number of nitrogens with zero attached hydrogens (tertiary/aromatic N) is 1. The maximum Gasteiger partial charge on any atom is 0.416 e. The van der Waals surface area contributed by atoms with E-state index in [0.717, 1.165) is 24.5 Å². The van der Waals surface area contributed by atoms with Gasteiger partial charge in [-0.05, 0) is 69.8 Å². The Balaban J connectivity index is 1.48. The maximum absolute atomic E-state index is 13.0. The standard InChI is InChI=1S/C22H31F3N2O/c1-3-4-11-27(2)19-8-5-16(6-9-19)14-28-15-17-13-26-21-10-7-18(12-20(17)21)22(23,24)25/h7,10,12-13,16,19,26H,3-6,8-9,11,14-15H2,1-2H3. The average molecular weight is 396 g/mol. The van der Waals surface area contributed by atoms with Gasteiger partial charge in [0.2, 0.25) is 0 Å². The fourth-order valence-corrected chi connectivity index (χ4v) is 4.15. The minimum Gasteiger partial charge on any atom is -0.376 e. The number of benzene rings is 1. The van der Waals surface area contributed by atoms with Crippen LogP contribution in [0.25, 0.3) is 10.9 Å². The number of aromatic amines is 1. The normalized spacial score (nSPS) is 20.9. The first-order valence-electron chi connectivity index (χ1n) is 10.3. The third-order valence-electron chi connectivity index (χ3n) is 6.01. The molecule has 3 rings (SSSR count). The minimum absolute atomic E-state index is 0.345.